The van der Waals surface area contributed by atoms with Gasteiger partial charge in [0, 0.05) is 45.8 Å². The van der Waals surface area contributed by atoms with Crippen LogP contribution in [0, 0.1) is 5.92 Å². The van der Waals surface area contributed by atoms with Gasteiger partial charge in [-0.15, -0.1) is 11.3 Å². The van der Waals surface area contributed by atoms with Gasteiger partial charge in [-0.3, -0.25) is 14.6 Å². The molecule has 0 radical (unpaired) electrons. The molecule has 0 saturated carbocycles. The van der Waals surface area contributed by atoms with Crippen molar-refractivity contribution in [1.82, 2.24) is 29.5 Å². The summed E-state index contributed by atoms with van der Waals surface area (Å²) in [6, 6.07) is 7.14. The Labute approximate surface area is 258 Å². The first-order valence-electron chi connectivity index (χ1n) is 15.0. The largest absolute Gasteiger partial charge is 0.360 e. The number of carbonyl (C=O) groups excluding carboxylic acids is 2. The molecule has 4 aromatic rings. The van der Waals surface area contributed by atoms with Crippen LogP contribution in [0.25, 0.3) is 21.1 Å². The fourth-order valence-corrected chi connectivity index (χ4v) is 7.11. The quantitative estimate of drug-likeness (QED) is 0.144. The first-order valence-corrected chi connectivity index (χ1v) is 19.5. The van der Waals surface area contributed by atoms with Crippen molar-refractivity contribution in [3.8, 4) is 0 Å². The predicted molar refractivity (Wildman–Crippen MR) is 175 cm³/mol. The summed E-state index contributed by atoms with van der Waals surface area (Å²) in [4.78, 5) is 40.3. The van der Waals surface area contributed by atoms with E-state index in [-0.39, 0.29) is 12.8 Å². The highest BCUT2D eigenvalue weighted by molar-refractivity contribution is 7.18. The van der Waals surface area contributed by atoms with Crippen LogP contribution >= 0.6 is 11.3 Å². The number of carbonyl (C=O) groups is 2. The molecule has 1 aliphatic rings. The molecule has 0 unspecified atom stereocenters. The molecule has 0 aliphatic carbocycles. The van der Waals surface area contributed by atoms with Crippen LogP contribution in [0.5, 0.6) is 0 Å². The highest BCUT2D eigenvalue weighted by atomic mass is 32.1. The number of aromatic nitrogens is 4. The van der Waals surface area contributed by atoms with Crippen molar-refractivity contribution in [3.63, 3.8) is 0 Å². The van der Waals surface area contributed by atoms with Crippen LogP contribution in [-0.2, 0) is 27.5 Å². The summed E-state index contributed by atoms with van der Waals surface area (Å²) in [7, 11) is 2.91. The molecule has 230 valence electrons. The van der Waals surface area contributed by atoms with Crippen molar-refractivity contribution < 1.29 is 14.3 Å². The van der Waals surface area contributed by atoms with Crippen molar-refractivity contribution in [2.45, 2.75) is 64.6 Å². The molecule has 1 aliphatic heterocycles. The molecule has 3 aromatic heterocycles. The molecular formula is C31H43N7O3SSi. The number of hydrogen-bond donors (Lipinski definition) is 1. The molecule has 43 heavy (non-hydrogen) atoms. The van der Waals surface area contributed by atoms with E-state index in [1.165, 1.54) is 0 Å². The number of likely N-dealkylation sites (N-methyl/N-ethyl adjacent to an activating group) is 1. The van der Waals surface area contributed by atoms with Gasteiger partial charge in [-0.05, 0) is 56.6 Å². The summed E-state index contributed by atoms with van der Waals surface area (Å²) in [5.74, 6) is -0.925. The summed E-state index contributed by atoms with van der Waals surface area (Å²) in [6.45, 7) is 11.4. The lowest BCUT2D eigenvalue weighted by Gasteiger charge is -2.38. The van der Waals surface area contributed by atoms with Gasteiger partial charge in [0.25, 0.3) is 0 Å². The molecule has 1 aromatic carbocycles. The van der Waals surface area contributed by atoms with Crippen LogP contribution < -0.4 is 5.32 Å². The minimum atomic E-state index is -1.22. The number of hydrogen-bond acceptors (Lipinski definition) is 8. The minimum Gasteiger partial charge on any atom is -0.360 e. The molecule has 10 nitrogen and oxygen atoms in total. The number of piperidine rings is 1. The van der Waals surface area contributed by atoms with Gasteiger partial charge in [-0.2, -0.15) is 5.10 Å². The van der Waals surface area contributed by atoms with E-state index < -0.39 is 19.9 Å². The maximum Gasteiger partial charge on any atom is 0.314 e. The number of fused-ring (bicyclic) bond motifs is 2. The summed E-state index contributed by atoms with van der Waals surface area (Å²) in [6.07, 6.45) is 7.64. The van der Waals surface area contributed by atoms with Gasteiger partial charge < -0.3 is 19.9 Å². The highest BCUT2D eigenvalue weighted by Crippen LogP contribution is 2.36. The number of thiazole rings is 1. The van der Waals surface area contributed by atoms with Crippen LogP contribution in [0.2, 0.25) is 25.7 Å². The van der Waals surface area contributed by atoms with Crippen LogP contribution in [-0.4, -0.2) is 83.2 Å². The highest BCUT2D eigenvalue weighted by Gasteiger charge is 2.35. The second-order valence-electron chi connectivity index (χ2n) is 13.1. The summed E-state index contributed by atoms with van der Waals surface area (Å²) in [5.41, 5.74) is 3.09. The van der Waals surface area contributed by atoms with E-state index >= 15 is 0 Å². The molecule has 0 bridgehead atoms. The molecular weight excluding hydrogens is 579 g/mol. The zero-order valence-electron chi connectivity index (χ0n) is 26.1. The number of rotatable bonds is 10. The SMILES string of the molecule is C[C@H]1CC[C@H](c2ccc3sc(CCN(C)C)nc3c2)N(C(=O)C(=O)Nc2cncc3cnn(COCC[Si](C)(C)C)c23)C1. The number of nitrogens with one attached hydrogen (secondary N) is 1. The Kier molecular flexibility index (Phi) is 9.59. The Morgan fingerprint density at radius 2 is 1.98 bits per heavy atom. The molecule has 5 rings (SSSR count). The topological polar surface area (TPSA) is 105 Å². The minimum absolute atomic E-state index is 0.190. The summed E-state index contributed by atoms with van der Waals surface area (Å²) in [5, 5.41) is 9.17. The van der Waals surface area contributed by atoms with Crippen molar-refractivity contribution in [3.05, 3.63) is 47.4 Å². The van der Waals surface area contributed by atoms with Gasteiger partial charge in [0.2, 0.25) is 0 Å². The number of pyridine rings is 1. The number of ether oxygens (including phenoxy) is 1. The molecule has 12 heteroatoms. The van der Waals surface area contributed by atoms with Crippen LogP contribution in [0.4, 0.5) is 5.69 Å². The third-order valence-corrected chi connectivity index (χ3v) is 10.7. The average Bonchev–Trinajstić information content (AvgIpc) is 3.57. The standard InChI is InChI=1S/C31H43N7O3SSi/c1-21-7-9-26(22-8-10-27-24(15-22)34-28(42-27)11-12-36(2)3)37(19-21)31(40)30(39)35-25-18-32-16-23-17-33-38(29(23)25)20-41-13-14-43(4,5)6/h8,10,15-18,21,26H,7,9,11-14,19-20H2,1-6H3,(H,35,39)/t21-,26+/m0/s1. The average molecular weight is 622 g/mol. The van der Waals surface area contributed by atoms with Gasteiger partial charge in [0.15, 0.2) is 0 Å². The second kappa shape index (κ2) is 13.2. The van der Waals surface area contributed by atoms with E-state index in [1.54, 1.807) is 39.5 Å². The molecule has 1 saturated heterocycles. The van der Waals surface area contributed by atoms with E-state index in [1.807, 2.05) is 0 Å². The Morgan fingerprint density at radius 3 is 2.74 bits per heavy atom. The van der Waals surface area contributed by atoms with E-state index in [0.717, 1.165) is 58.0 Å². The number of amides is 2. The lowest BCUT2D eigenvalue weighted by molar-refractivity contribution is -0.146. The maximum atomic E-state index is 13.7. The fraction of sp³-hybridized carbons (Fsp3) is 0.516. The zero-order valence-corrected chi connectivity index (χ0v) is 27.9. The smallest absolute Gasteiger partial charge is 0.314 e. The molecule has 0 spiro atoms. The van der Waals surface area contributed by atoms with Gasteiger partial charge in [0.1, 0.15) is 6.73 Å². The first kappa shape index (κ1) is 31.2. The molecule has 2 atom stereocenters. The molecule has 2 amide bonds. The summed E-state index contributed by atoms with van der Waals surface area (Å²) >= 11 is 1.72. The Balaban J connectivity index is 1.33. The van der Waals surface area contributed by atoms with Crippen LogP contribution in [0.15, 0.2) is 36.8 Å². The number of nitrogens with zero attached hydrogens (tertiary/aromatic N) is 6. The van der Waals surface area contributed by atoms with E-state index in [9.17, 15) is 9.59 Å². The van der Waals surface area contributed by atoms with Gasteiger partial charge in [0.05, 0.1) is 44.9 Å². The van der Waals surface area contributed by atoms with Crippen molar-refractivity contribution in [2.75, 3.05) is 39.1 Å². The number of likely N-dealkylation sites (tertiary alicyclic amines) is 1. The predicted octanol–water partition coefficient (Wildman–Crippen LogP) is 5.40. The molecule has 1 fully saturated rings. The number of benzene rings is 1. The van der Waals surface area contributed by atoms with Gasteiger partial charge >= 0.3 is 11.8 Å². The maximum absolute atomic E-state index is 13.7. The Hall–Kier alpha value is -3.19. The lowest BCUT2D eigenvalue weighted by Crippen LogP contribution is -2.46. The van der Waals surface area contributed by atoms with Gasteiger partial charge in [-0.1, -0.05) is 32.6 Å². The Morgan fingerprint density at radius 1 is 1.16 bits per heavy atom. The fourth-order valence-electron chi connectivity index (χ4n) is 5.42. The third-order valence-electron chi connectivity index (χ3n) is 7.88. The number of anilines is 1. The van der Waals surface area contributed by atoms with E-state index in [0.29, 0.717) is 30.3 Å². The monoisotopic (exact) mass is 621 g/mol. The van der Waals surface area contributed by atoms with Crippen LogP contribution in [0.1, 0.15) is 36.4 Å². The third kappa shape index (κ3) is 7.67. The van der Waals surface area contributed by atoms with Crippen molar-refractivity contribution in [2.24, 2.45) is 5.92 Å². The zero-order chi connectivity index (χ0) is 30.7. The van der Waals surface area contributed by atoms with E-state index in [4.69, 9.17) is 9.72 Å². The van der Waals surface area contributed by atoms with Crippen molar-refractivity contribution in [1.29, 1.82) is 0 Å². The molecule has 1 N–H and O–H groups in total. The molecule has 4 heterocycles. The van der Waals surface area contributed by atoms with E-state index in [2.05, 4.69) is 79.2 Å². The van der Waals surface area contributed by atoms with Crippen LogP contribution in [0.3, 0.4) is 0 Å². The summed E-state index contributed by atoms with van der Waals surface area (Å²) < 4.78 is 8.77. The Bertz CT molecular complexity index is 1600. The normalized spacial score (nSPS) is 17.7. The van der Waals surface area contributed by atoms with Crippen molar-refractivity contribution >= 4 is 58.0 Å². The lowest BCUT2D eigenvalue weighted by atomic mass is 9.89. The van der Waals surface area contributed by atoms with Gasteiger partial charge in [-0.25, -0.2) is 9.67 Å². The second-order valence-corrected chi connectivity index (χ2v) is 19.9. The first-order chi connectivity index (χ1) is 20.5.